The molecule has 0 bridgehead atoms. The Bertz CT molecular complexity index is 434. The van der Waals surface area contributed by atoms with Gasteiger partial charge in [-0.1, -0.05) is 0 Å². The largest absolute Gasteiger partial charge is 0.465 e. The monoisotopic (exact) mass is 237 g/mol. The first-order chi connectivity index (χ1) is 8.20. The second-order valence-electron chi connectivity index (χ2n) is 4.66. The lowest BCUT2D eigenvalue weighted by Gasteiger charge is -2.21. The van der Waals surface area contributed by atoms with E-state index < -0.39 is 6.09 Å². The van der Waals surface area contributed by atoms with E-state index in [0.29, 0.717) is 18.4 Å². The van der Waals surface area contributed by atoms with Crippen LogP contribution in [0.15, 0.2) is 6.20 Å². The third-order valence-corrected chi connectivity index (χ3v) is 3.72. The summed E-state index contributed by atoms with van der Waals surface area (Å²) in [5, 5.41) is 18.1. The molecule has 92 valence electrons. The van der Waals surface area contributed by atoms with Crippen molar-refractivity contribution in [3.63, 3.8) is 0 Å². The van der Waals surface area contributed by atoms with Crippen LogP contribution in [0.5, 0.6) is 0 Å². The van der Waals surface area contributed by atoms with Crippen LogP contribution < -0.4 is 16.0 Å². The fourth-order valence-corrected chi connectivity index (χ4v) is 2.79. The Hall–Kier alpha value is -1.76. The number of anilines is 1. The number of aromatic amines is 1. The first kappa shape index (κ1) is 10.4. The molecule has 1 aromatic heterocycles. The van der Waals surface area contributed by atoms with Gasteiger partial charge in [0.15, 0.2) is 0 Å². The number of carboxylic acid groups (broad SMARTS) is 1. The van der Waals surface area contributed by atoms with Crippen LogP contribution in [0.3, 0.4) is 0 Å². The third-order valence-electron chi connectivity index (χ3n) is 3.72. The van der Waals surface area contributed by atoms with Crippen molar-refractivity contribution in [1.82, 2.24) is 15.5 Å². The highest BCUT2D eigenvalue weighted by Crippen LogP contribution is 2.46. The molecule has 2 heterocycles. The number of piperidine rings is 1. The van der Waals surface area contributed by atoms with Crippen LogP contribution in [0.25, 0.3) is 0 Å². The predicted molar refractivity (Wildman–Crippen MR) is 60.6 cm³/mol. The average Bonchev–Trinajstić information content (AvgIpc) is 2.79. The van der Waals surface area contributed by atoms with E-state index in [1.807, 2.05) is 0 Å². The van der Waals surface area contributed by atoms with Gasteiger partial charge in [0.2, 0.25) is 0 Å². The van der Waals surface area contributed by atoms with Gasteiger partial charge in [-0.25, -0.2) is 4.79 Å². The molecular weight excluding hydrogens is 222 g/mol. The zero-order valence-electron chi connectivity index (χ0n) is 9.26. The fraction of sp³-hybridized carbons (Fsp3) is 0.600. The molecule has 1 aliphatic carbocycles. The molecule has 3 rings (SSSR count). The van der Waals surface area contributed by atoms with E-state index >= 15 is 0 Å². The van der Waals surface area contributed by atoms with E-state index in [0.717, 1.165) is 24.5 Å². The Balaban J connectivity index is 1.63. The lowest BCUT2D eigenvalue weighted by atomic mass is 10.3. The normalized spacial score (nSPS) is 30.2. The Morgan fingerprint density at radius 1 is 1.65 bits per heavy atom. The molecule has 2 unspecified atom stereocenters. The maximum Gasteiger partial charge on any atom is 0.404 e. The zero-order valence-corrected chi connectivity index (χ0v) is 9.26. The first-order valence-electron chi connectivity index (χ1n) is 5.67. The van der Waals surface area contributed by atoms with E-state index in [2.05, 4.69) is 20.4 Å². The highest BCUT2D eigenvalue weighted by atomic mass is 16.4. The van der Waals surface area contributed by atoms with Crippen LogP contribution in [0.2, 0.25) is 0 Å². The quantitative estimate of drug-likeness (QED) is 0.570. The molecule has 0 aromatic carbocycles. The van der Waals surface area contributed by atoms with Crippen molar-refractivity contribution in [2.75, 3.05) is 18.0 Å². The number of nitrogens with two attached hydrogens (primary N) is 1. The maximum absolute atomic E-state index is 10.5. The van der Waals surface area contributed by atoms with Gasteiger partial charge in [0.05, 0.1) is 6.20 Å². The Labute approximate surface area is 98.0 Å². The van der Waals surface area contributed by atoms with Crippen LogP contribution in [-0.4, -0.2) is 40.5 Å². The van der Waals surface area contributed by atoms with Crippen molar-refractivity contribution >= 4 is 11.9 Å². The summed E-state index contributed by atoms with van der Waals surface area (Å²) in [5.41, 5.74) is 6.63. The minimum Gasteiger partial charge on any atom is -0.465 e. The molecule has 1 saturated heterocycles. The Morgan fingerprint density at radius 3 is 2.94 bits per heavy atom. The summed E-state index contributed by atoms with van der Waals surface area (Å²) in [5.74, 6) is 1.84. The second-order valence-corrected chi connectivity index (χ2v) is 4.66. The molecule has 0 radical (unpaired) electrons. The Morgan fingerprint density at radius 2 is 2.35 bits per heavy atom. The van der Waals surface area contributed by atoms with Gasteiger partial charge in [0, 0.05) is 43.1 Å². The van der Waals surface area contributed by atoms with Crippen molar-refractivity contribution in [1.29, 1.82) is 0 Å². The van der Waals surface area contributed by atoms with Crippen LogP contribution in [-0.2, 0) is 6.54 Å². The summed E-state index contributed by atoms with van der Waals surface area (Å²) in [7, 11) is 0. The number of nitrogens with zero attached hydrogens (tertiary/aromatic N) is 2. The minimum absolute atomic E-state index is 0.132. The lowest BCUT2D eigenvalue weighted by molar-refractivity contribution is 0.192. The van der Waals surface area contributed by atoms with Crippen molar-refractivity contribution in [3.8, 4) is 0 Å². The van der Waals surface area contributed by atoms with Gasteiger partial charge < -0.3 is 21.1 Å². The van der Waals surface area contributed by atoms with Crippen LogP contribution in [0, 0.1) is 11.8 Å². The number of carbonyl (C=O) groups is 1. The summed E-state index contributed by atoms with van der Waals surface area (Å²) < 4.78 is 0. The lowest BCUT2D eigenvalue weighted by Crippen LogP contribution is -2.34. The summed E-state index contributed by atoms with van der Waals surface area (Å²) in [6, 6.07) is 0.132. The minimum atomic E-state index is -0.930. The number of fused-ring (bicyclic) bond motifs is 1. The van der Waals surface area contributed by atoms with Crippen molar-refractivity contribution in [2.24, 2.45) is 17.6 Å². The summed E-state index contributed by atoms with van der Waals surface area (Å²) in [6.07, 6.45) is 0.812. The van der Waals surface area contributed by atoms with Gasteiger partial charge >= 0.3 is 6.09 Å². The fourth-order valence-electron chi connectivity index (χ4n) is 2.79. The molecule has 2 aliphatic rings. The number of hydrogen-bond acceptors (Lipinski definition) is 4. The number of H-pyrrole nitrogens is 1. The number of nitrogens with one attached hydrogen (secondary N) is 2. The smallest absolute Gasteiger partial charge is 0.404 e. The van der Waals surface area contributed by atoms with Gasteiger partial charge in [-0.2, -0.15) is 5.10 Å². The van der Waals surface area contributed by atoms with Gasteiger partial charge in [-0.3, -0.25) is 5.10 Å². The number of hydrogen-bond donors (Lipinski definition) is 4. The molecule has 17 heavy (non-hydrogen) atoms. The summed E-state index contributed by atoms with van der Waals surface area (Å²) in [4.78, 5) is 12.7. The van der Waals surface area contributed by atoms with Crippen LogP contribution in [0.4, 0.5) is 10.6 Å². The van der Waals surface area contributed by atoms with Gasteiger partial charge in [-0.05, 0) is 0 Å². The summed E-state index contributed by atoms with van der Waals surface area (Å²) in [6.45, 7) is 2.20. The standard InChI is InChI=1S/C10H15N5O2/c11-1-5-2-12-14-9(5)15-3-6-7(4-15)8(6)13-10(16)17/h2,6-8,13H,1,3-4,11H2,(H,12,14)(H,16,17). The van der Waals surface area contributed by atoms with Crippen molar-refractivity contribution in [3.05, 3.63) is 11.8 Å². The molecule has 0 spiro atoms. The third kappa shape index (κ3) is 1.62. The topological polar surface area (TPSA) is 107 Å². The second kappa shape index (κ2) is 3.63. The van der Waals surface area contributed by atoms with E-state index in [1.54, 1.807) is 6.20 Å². The van der Waals surface area contributed by atoms with Gasteiger partial charge in [0.25, 0.3) is 0 Å². The van der Waals surface area contributed by atoms with E-state index in [-0.39, 0.29) is 6.04 Å². The number of amides is 1. The first-order valence-corrected chi connectivity index (χ1v) is 5.67. The maximum atomic E-state index is 10.5. The summed E-state index contributed by atoms with van der Waals surface area (Å²) >= 11 is 0. The SMILES string of the molecule is NCc1cn[nH]c1N1CC2C(C1)C2NC(=O)O. The van der Waals surface area contributed by atoms with Crippen LogP contribution >= 0.6 is 0 Å². The highest BCUT2D eigenvalue weighted by Gasteiger charge is 2.57. The van der Waals surface area contributed by atoms with Crippen molar-refractivity contribution < 1.29 is 9.90 Å². The average molecular weight is 237 g/mol. The van der Waals surface area contributed by atoms with Gasteiger partial charge in [-0.15, -0.1) is 0 Å². The number of rotatable bonds is 3. The van der Waals surface area contributed by atoms with E-state index in [9.17, 15) is 4.79 Å². The molecular formula is C10H15N5O2. The molecule has 5 N–H and O–H groups in total. The van der Waals surface area contributed by atoms with Gasteiger partial charge in [0.1, 0.15) is 5.82 Å². The number of aromatic nitrogens is 2. The molecule has 2 atom stereocenters. The predicted octanol–water partition coefficient (Wildman–Crippen LogP) is -0.429. The zero-order chi connectivity index (χ0) is 12.0. The molecule has 1 aliphatic heterocycles. The molecule has 2 fully saturated rings. The van der Waals surface area contributed by atoms with Crippen molar-refractivity contribution in [2.45, 2.75) is 12.6 Å². The Kier molecular flexibility index (Phi) is 2.22. The van der Waals surface area contributed by atoms with E-state index in [1.165, 1.54) is 0 Å². The molecule has 7 nitrogen and oxygen atoms in total. The molecule has 7 heteroatoms. The molecule has 1 aromatic rings. The highest BCUT2D eigenvalue weighted by molar-refractivity contribution is 5.66. The van der Waals surface area contributed by atoms with Crippen LogP contribution in [0.1, 0.15) is 5.56 Å². The molecule has 1 amide bonds. The van der Waals surface area contributed by atoms with E-state index in [4.69, 9.17) is 10.8 Å². The molecule has 1 saturated carbocycles.